The van der Waals surface area contributed by atoms with Crippen LogP contribution in [0.5, 0.6) is 0 Å². The molecule has 0 aliphatic heterocycles. The van der Waals surface area contributed by atoms with Crippen molar-refractivity contribution in [3.63, 3.8) is 0 Å². The maximum Gasteiger partial charge on any atom is 0.126 e. The van der Waals surface area contributed by atoms with E-state index in [-0.39, 0.29) is 5.82 Å². The van der Waals surface area contributed by atoms with Crippen LogP contribution < -0.4 is 0 Å². The first-order valence-electron chi connectivity index (χ1n) is 7.59. The van der Waals surface area contributed by atoms with Crippen molar-refractivity contribution in [1.29, 1.82) is 0 Å². The van der Waals surface area contributed by atoms with Crippen LogP contribution in [0, 0.1) is 12.7 Å². The molecule has 0 fully saturated rings. The second-order valence-corrected chi connectivity index (χ2v) is 5.51. The van der Waals surface area contributed by atoms with Crippen molar-refractivity contribution in [3.8, 4) is 16.8 Å². The van der Waals surface area contributed by atoms with Crippen molar-refractivity contribution in [2.75, 3.05) is 0 Å². The fraction of sp³-hybridized carbons (Fsp3) is 0.211. The summed E-state index contributed by atoms with van der Waals surface area (Å²) in [6, 6.07) is 15.5. The van der Waals surface area contributed by atoms with Crippen LogP contribution in [0.2, 0.25) is 0 Å². The van der Waals surface area contributed by atoms with Gasteiger partial charge in [-0.25, -0.2) is 9.07 Å². The van der Waals surface area contributed by atoms with Crippen LogP contribution in [0.1, 0.15) is 24.6 Å². The molecule has 0 saturated heterocycles. The van der Waals surface area contributed by atoms with Crippen LogP contribution in [0.4, 0.5) is 4.39 Å². The van der Waals surface area contributed by atoms with Crippen molar-refractivity contribution >= 4 is 0 Å². The minimum atomic E-state index is -0.121. The molecule has 3 heteroatoms. The summed E-state index contributed by atoms with van der Waals surface area (Å²) in [7, 11) is 0. The van der Waals surface area contributed by atoms with Gasteiger partial charge in [0, 0.05) is 6.20 Å². The van der Waals surface area contributed by atoms with Crippen LogP contribution >= 0.6 is 0 Å². The molecule has 0 atom stereocenters. The number of hydrogen-bond donors (Lipinski definition) is 0. The van der Waals surface area contributed by atoms with Crippen molar-refractivity contribution in [3.05, 3.63) is 71.8 Å². The number of aryl methyl sites for hydroxylation is 2. The van der Waals surface area contributed by atoms with Crippen LogP contribution in [0.3, 0.4) is 0 Å². The van der Waals surface area contributed by atoms with E-state index >= 15 is 0 Å². The summed E-state index contributed by atoms with van der Waals surface area (Å²) in [5.74, 6) is -0.121. The Morgan fingerprint density at radius 3 is 2.59 bits per heavy atom. The minimum absolute atomic E-state index is 0.121. The Labute approximate surface area is 130 Å². The topological polar surface area (TPSA) is 17.8 Å². The maximum atomic E-state index is 13.8. The summed E-state index contributed by atoms with van der Waals surface area (Å²) >= 11 is 0. The average Bonchev–Trinajstić information content (AvgIpc) is 2.96. The molecule has 0 bridgehead atoms. The zero-order valence-electron chi connectivity index (χ0n) is 12.9. The number of halogens is 1. The number of rotatable bonds is 4. The Balaban J connectivity index is 2.00. The lowest BCUT2D eigenvalue weighted by Gasteiger charge is -2.08. The molecule has 1 aromatic heterocycles. The SMILES string of the molecule is CCCc1cc(-c2cccc(-n3ccc(C)n3)c2)ccc1F. The van der Waals surface area contributed by atoms with Crippen molar-refractivity contribution < 1.29 is 4.39 Å². The van der Waals surface area contributed by atoms with E-state index in [0.717, 1.165) is 40.9 Å². The summed E-state index contributed by atoms with van der Waals surface area (Å²) < 4.78 is 15.7. The first-order valence-corrected chi connectivity index (χ1v) is 7.59. The summed E-state index contributed by atoms with van der Waals surface area (Å²) in [6.07, 6.45) is 3.65. The molecule has 0 aliphatic carbocycles. The zero-order valence-corrected chi connectivity index (χ0v) is 12.9. The molecule has 112 valence electrons. The van der Waals surface area contributed by atoms with Gasteiger partial charge in [-0.3, -0.25) is 0 Å². The molecular weight excluding hydrogens is 275 g/mol. The lowest BCUT2D eigenvalue weighted by atomic mass is 10.0. The third kappa shape index (κ3) is 2.93. The monoisotopic (exact) mass is 294 g/mol. The Hall–Kier alpha value is -2.42. The van der Waals surface area contributed by atoms with E-state index in [9.17, 15) is 4.39 Å². The first kappa shape index (κ1) is 14.5. The fourth-order valence-electron chi connectivity index (χ4n) is 2.60. The lowest BCUT2D eigenvalue weighted by molar-refractivity contribution is 0.607. The van der Waals surface area contributed by atoms with E-state index in [2.05, 4.69) is 18.1 Å². The van der Waals surface area contributed by atoms with Gasteiger partial charge in [-0.15, -0.1) is 0 Å². The van der Waals surface area contributed by atoms with Gasteiger partial charge in [0.2, 0.25) is 0 Å². The van der Waals surface area contributed by atoms with Crippen molar-refractivity contribution in [2.24, 2.45) is 0 Å². The number of aromatic nitrogens is 2. The highest BCUT2D eigenvalue weighted by molar-refractivity contribution is 5.66. The molecule has 0 aliphatic rings. The normalized spacial score (nSPS) is 10.9. The summed E-state index contributed by atoms with van der Waals surface area (Å²) in [4.78, 5) is 0. The van der Waals surface area contributed by atoms with E-state index in [1.54, 1.807) is 6.07 Å². The van der Waals surface area contributed by atoms with Gasteiger partial charge in [-0.2, -0.15) is 5.10 Å². The van der Waals surface area contributed by atoms with E-state index in [4.69, 9.17) is 0 Å². The number of benzene rings is 2. The van der Waals surface area contributed by atoms with E-state index < -0.39 is 0 Å². The van der Waals surface area contributed by atoms with Gasteiger partial charge in [-0.05, 0) is 60.4 Å². The summed E-state index contributed by atoms with van der Waals surface area (Å²) in [6.45, 7) is 4.03. The third-order valence-electron chi connectivity index (χ3n) is 3.73. The Kier molecular flexibility index (Phi) is 4.05. The molecule has 1 heterocycles. The van der Waals surface area contributed by atoms with Gasteiger partial charge >= 0.3 is 0 Å². The van der Waals surface area contributed by atoms with Gasteiger partial charge in [0.15, 0.2) is 0 Å². The first-order chi connectivity index (χ1) is 10.7. The molecule has 0 unspecified atom stereocenters. The molecule has 3 rings (SSSR count). The van der Waals surface area contributed by atoms with Crippen molar-refractivity contribution in [2.45, 2.75) is 26.7 Å². The Bertz CT molecular complexity index is 790. The van der Waals surface area contributed by atoms with Gasteiger partial charge < -0.3 is 0 Å². The molecular formula is C19H19FN2. The highest BCUT2D eigenvalue weighted by Gasteiger charge is 2.06. The van der Waals surface area contributed by atoms with Crippen molar-refractivity contribution in [1.82, 2.24) is 9.78 Å². The lowest BCUT2D eigenvalue weighted by Crippen LogP contribution is -1.96. The van der Waals surface area contributed by atoms with E-state index in [1.165, 1.54) is 0 Å². The van der Waals surface area contributed by atoms with Gasteiger partial charge in [0.25, 0.3) is 0 Å². The molecule has 22 heavy (non-hydrogen) atoms. The van der Waals surface area contributed by atoms with E-state index in [1.807, 2.05) is 54.2 Å². The van der Waals surface area contributed by atoms with E-state index in [0.29, 0.717) is 0 Å². The largest absolute Gasteiger partial charge is 0.241 e. The predicted octanol–water partition coefficient (Wildman–Crippen LogP) is 4.94. The highest BCUT2D eigenvalue weighted by Crippen LogP contribution is 2.25. The molecule has 0 amide bonds. The Morgan fingerprint density at radius 1 is 1.05 bits per heavy atom. The average molecular weight is 294 g/mol. The zero-order chi connectivity index (χ0) is 15.5. The predicted molar refractivity (Wildman–Crippen MR) is 87.7 cm³/mol. The van der Waals surface area contributed by atoms with Gasteiger partial charge in [0.1, 0.15) is 5.82 Å². The molecule has 2 nitrogen and oxygen atoms in total. The highest BCUT2D eigenvalue weighted by atomic mass is 19.1. The van der Waals surface area contributed by atoms with Crippen LogP contribution in [-0.2, 0) is 6.42 Å². The standard InChI is InChI=1S/C19H19FN2/c1-3-5-17-12-16(8-9-19(17)20)15-6-4-7-18(13-15)22-11-10-14(2)21-22/h4,6-13H,3,5H2,1-2H3. The van der Waals surface area contributed by atoms with Crippen LogP contribution in [0.25, 0.3) is 16.8 Å². The minimum Gasteiger partial charge on any atom is -0.241 e. The van der Waals surface area contributed by atoms with Crippen LogP contribution in [0.15, 0.2) is 54.7 Å². The Morgan fingerprint density at radius 2 is 1.86 bits per heavy atom. The van der Waals surface area contributed by atoms with Gasteiger partial charge in [-0.1, -0.05) is 31.5 Å². The third-order valence-corrected chi connectivity index (χ3v) is 3.73. The molecule has 0 N–H and O–H groups in total. The quantitative estimate of drug-likeness (QED) is 0.666. The van der Waals surface area contributed by atoms with Crippen LogP contribution in [-0.4, -0.2) is 9.78 Å². The smallest absolute Gasteiger partial charge is 0.126 e. The molecule has 0 saturated carbocycles. The summed E-state index contributed by atoms with van der Waals surface area (Å²) in [5.41, 5.74) is 4.88. The fourth-order valence-corrected chi connectivity index (χ4v) is 2.60. The summed E-state index contributed by atoms with van der Waals surface area (Å²) in [5, 5.41) is 4.43. The molecule has 0 radical (unpaired) electrons. The number of nitrogens with zero attached hydrogens (tertiary/aromatic N) is 2. The molecule has 2 aromatic carbocycles. The second kappa shape index (κ2) is 6.14. The number of hydrogen-bond acceptors (Lipinski definition) is 1. The van der Waals surface area contributed by atoms with Gasteiger partial charge in [0.05, 0.1) is 11.4 Å². The molecule has 3 aromatic rings. The maximum absolute atomic E-state index is 13.8. The second-order valence-electron chi connectivity index (χ2n) is 5.51. The molecule has 0 spiro atoms.